The molecule has 40 heavy (non-hydrogen) atoms. The van der Waals surface area contributed by atoms with Crippen LogP contribution in [-0.2, 0) is 23.8 Å². The molecule has 216 valence electrons. The van der Waals surface area contributed by atoms with Crippen molar-refractivity contribution in [2.45, 2.75) is 43.0 Å². The van der Waals surface area contributed by atoms with Crippen molar-refractivity contribution in [3.05, 3.63) is 74.0 Å². The lowest BCUT2D eigenvalue weighted by Crippen LogP contribution is -2.52. The minimum Gasteiger partial charge on any atom is -0.456 e. The maximum Gasteiger partial charge on any atom is 0.330 e. The van der Waals surface area contributed by atoms with Crippen LogP contribution in [-0.4, -0.2) is 85.2 Å². The van der Waals surface area contributed by atoms with E-state index in [-0.39, 0.29) is 10.7 Å². The molecule has 0 spiro atoms. The van der Waals surface area contributed by atoms with Crippen molar-refractivity contribution in [2.24, 2.45) is 11.7 Å². The van der Waals surface area contributed by atoms with Gasteiger partial charge in [-0.1, -0.05) is 11.6 Å². The highest BCUT2D eigenvalue weighted by Gasteiger charge is 2.51. The van der Waals surface area contributed by atoms with Crippen LogP contribution in [0.3, 0.4) is 0 Å². The Kier molecular flexibility index (Phi) is 8.69. The number of nitrogens with one attached hydrogen (secondary N) is 2. The number of hydrogen-bond acceptors (Lipinski definition) is 11. The average molecular weight is 587 g/mol. The molecule has 17 heteroatoms. The number of aliphatic hydroxyl groups excluding tert-OH is 4. The normalized spacial score (nSPS) is 28.9. The Morgan fingerprint density at radius 2 is 1.95 bits per heavy atom. The molecule has 0 saturated carbocycles. The smallest absolute Gasteiger partial charge is 0.330 e. The number of aromatic nitrogens is 2. The average Bonchev–Trinajstić information content (AvgIpc) is 3.22. The van der Waals surface area contributed by atoms with E-state index in [2.05, 4.69) is 5.32 Å². The molecule has 1 aromatic carbocycles. The van der Waals surface area contributed by atoms with Crippen LogP contribution < -0.4 is 22.3 Å². The second-order valence-electron chi connectivity index (χ2n) is 8.89. The van der Waals surface area contributed by atoms with Gasteiger partial charge >= 0.3 is 5.69 Å². The maximum atomic E-state index is 13.4. The minimum absolute atomic E-state index is 0.0664. The molecule has 2 amide bonds. The van der Waals surface area contributed by atoms with E-state index in [0.29, 0.717) is 0 Å². The molecular weight excluding hydrogens is 563 g/mol. The largest absolute Gasteiger partial charge is 0.456 e. The topological polar surface area (TPSA) is 236 Å². The van der Waals surface area contributed by atoms with E-state index in [0.717, 1.165) is 35.0 Å². The van der Waals surface area contributed by atoms with Gasteiger partial charge in [-0.25, -0.2) is 9.18 Å². The summed E-state index contributed by atoms with van der Waals surface area (Å²) < 4.78 is 30.8. The third-order valence-corrected chi connectivity index (χ3v) is 6.53. The van der Waals surface area contributed by atoms with Gasteiger partial charge in [-0.05, 0) is 24.3 Å². The maximum absolute atomic E-state index is 13.4. The van der Waals surface area contributed by atoms with Crippen LogP contribution in [0.2, 0.25) is 5.02 Å². The number of primary amides is 1. The van der Waals surface area contributed by atoms with Crippen LogP contribution in [0, 0.1) is 11.7 Å². The number of benzene rings is 1. The van der Waals surface area contributed by atoms with Crippen LogP contribution in [0.15, 0.2) is 51.9 Å². The van der Waals surface area contributed by atoms with Crippen molar-refractivity contribution in [1.82, 2.24) is 9.55 Å². The van der Waals surface area contributed by atoms with Crippen molar-refractivity contribution >= 4 is 29.1 Å². The first-order valence-electron chi connectivity index (χ1n) is 11.6. The fraction of sp³-hybridized carbons (Fsp3) is 0.391. The Balaban J connectivity index is 1.54. The van der Waals surface area contributed by atoms with E-state index in [1.54, 1.807) is 0 Å². The summed E-state index contributed by atoms with van der Waals surface area (Å²) in [5.74, 6) is -4.73. The van der Waals surface area contributed by atoms with Gasteiger partial charge in [0, 0.05) is 23.9 Å². The number of hydrogen-bond donors (Lipinski definition) is 7. The fourth-order valence-electron chi connectivity index (χ4n) is 4.22. The molecule has 1 aromatic heterocycles. The summed E-state index contributed by atoms with van der Waals surface area (Å²) in [4.78, 5) is 50.7. The lowest BCUT2D eigenvalue weighted by Gasteiger charge is -2.35. The summed E-state index contributed by atoms with van der Waals surface area (Å²) in [5, 5.41) is 43.4. The number of aromatic amines is 1. The molecule has 2 aliphatic rings. The summed E-state index contributed by atoms with van der Waals surface area (Å²) in [6.45, 7) is -0.780. The molecule has 8 atom stereocenters. The van der Waals surface area contributed by atoms with Gasteiger partial charge in [-0.3, -0.25) is 23.9 Å². The van der Waals surface area contributed by atoms with Gasteiger partial charge in [-0.2, -0.15) is 0 Å². The van der Waals surface area contributed by atoms with Gasteiger partial charge in [0.25, 0.3) is 11.5 Å². The third kappa shape index (κ3) is 5.92. The predicted molar refractivity (Wildman–Crippen MR) is 131 cm³/mol. The fourth-order valence-corrected chi connectivity index (χ4v) is 4.40. The molecule has 3 heterocycles. The molecule has 8 N–H and O–H groups in total. The van der Waals surface area contributed by atoms with E-state index in [1.807, 2.05) is 4.98 Å². The van der Waals surface area contributed by atoms with Gasteiger partial charge in [-0.15, -0.1) is 0 Å². The van der Waals surface area contributed by atoms with Crippen LogP contribution in [0.1, 0.15) is 6.23 Å². The number of ether oxygens (including phenoxy) is 3. The number of H-pyrrole nitrogens is 1. The second-order valence-corrected chi connectivity index (χ2v) is 9.29. The van der Waals surface area contributed by atoms with Crippen LogP contribution in [0.5, 0.6) is 0 Å². The lowest BCUT2D eigenvalue weighted by molar-refractivity contribution is -0.239. The second kappa shape index (κ2) is 11.8. The summed E-state index contributed by atoms with van der Waals surface area (Å²) in [6, 6.07) is 4.29. The van der Waals surface area contributed by atoms with E-state index in [4.69, 9.17) is 31.5 Å². The summed E-state index contributed by atoms with van der Waals surface area (Å²) in [6.07, 6.45) is -10.1. The van der Waals surface area contributed by atoms with E-state index >= 15 is 0 Å². The zero-order valence-electron chi connectivity index (χ0n) is 20.2. The number of amides is 2. The van der Waals surface area contributed by atoms with E-state index in [9.17, 15) is 44.0 Å². The molecule has 0 bridgehead atoms. The Morgan fingerprint density at radius 1 is 1.23 bits per heavy atom. The summed E-state index contributed by atoms with van der Waals surface area (Å²) in [5.41, 5.74) is 3.86. The molecule has 2 aliphatic heterocycles. The Bertz CT molecular complexity index is 1430. The molecule has 0 radical (unpaired) electrons. The number of rotatable bonds is 8. The van der Waals surface area contributed by atoms with Crippen LogP contribution in [0.4, 0.5) is 10.1 Å². The molecule has 2 aromatic rings. The van der Waals surface area contributed by atoms with Crippen molar-refractivity contribution in [3.63, 3.8) is 0 Å². The molecule has 0 unspecified atom stereocenters. The highest BCUT2D eigenvalue weighted by atomic mass is 35.5. The van der Waals surface area contributed by atoms with Crippen LogP contribution in [0.25, 0.3) is 0 Å². The van der Waals surface area contributed by atoms with E-state index < -0.39 is 90.2 Å². The third-order valence-electron chi connectivity index (χ3n) is 6.24. The lowest BCUT2D eigenvalue weighted by atomic mass is 9.94. The SMILES string of the molecule is NC(=O)[C@H](O[C@H]1OC(C(=O)Nc2ccc(F)c(Cl)c2)=C[C@H](O)[C@@H]1O)[C@H]1O[C@@H](n2ccc(=O)[nH]c2=O)[C@H](O)[C@@H]1CO. The highest BCUT2D eigenvalue weighted by molar-refractivity contribution is 6.31. The number of carbonyl (C=O) groups excluding carboxylic acids is 2. The zero-order chi connectivity index (χ0) is 29.3. The number of nitrogens with zero attached hydrogens (tertiary/aromatic N) is 1. The number of aliphatic hydroxyl groups is 4. The first-order valence-corrected chi connectivity index (χ1v) is 12.0. The minimum atomic E-state index is -1.90. The number of carbonyl (C=O) groups is 2. The predicted octanol–water partition coefficient (Wildman–Crippen LogP) is -2.33. The molecule has 15 nitrogen and oxygen atoms in total. The van der Waals surface area contributed by atoms with Gasteiger partial charge < -0.3 is 45.7 Å². The van der Waals surface area contributed by atoms with Crippen molar-refractivity contribution in [1.29, 1.82) is 0 Å². The summed E-state index contributed by atoms with van der Waals surface area (Å²) >= 11 is 5.71. The van der Waals surface area contributed by atoms with E-state index in [1.165, 1.54) is 6.07 Å². The number of anilines is 1. The Labute approximate surface area is 228 Å². The zero-order valence-corrected chi connectivity index (χ0v) is 21.0. The monoisotopic (exact) mass is 586 g/mol. The molecule has 4 rings (SSSR count). The summed E-state index contributed by atoms with van der Waals surface area (Å²) in [7, 11) is 0. The first kappa shape index (κ1) is 29.3. The van der Waals surface area contributed by atoms with Gasteiger partial charge in [0.2, 0.25) is 12.2 Å². The van der Waals surface area contributed by atoms with Crippen molar-refractivity contribution in [2.75, 3.05) is 11.9 Å². The van der Waals surface area contributed by atoms with Gasteiger partial charge in [0.05, 0.1) is 11.6 Å². The molecular formula is C23H24ClFN4O11. The molecule has 0 aliphatic carbocycles. The Morgan fingerprint density at radius 3 is 2.58 bits per heavy atom. The first-order chi connectivity index (χ1) is 18.9. The quantitative estimate of drug-likeness (QED) is 0.173. The van der Waals surface area contributed by atoms with Gasteiger partial charge in [0.15, 0.2) is 18.1 Å². The number of nitrogens with two attached hydrogens (primary N) is 1. The van der Waals surface area contributed by atoms with Crippen molar-refractivity contribution < 1.29 is 48.6 Å². The highest BCUT2D eigenvalue weighted by Crippen LogP contribution is 2.36. The van der Waals surface area contributed by atoms with Gasteiger partial charge in [0.1, 0.15) is 30.2 Å². The Hall–Kier alpha value is -3.64. The molecule has 1 saturated heterocycles. The standard InChI is InChI=1S/C23H24ClFN4O11/c24-10-5-8(1-2-11(10)25)27-20(36)13-6-12(31)16(34)22(38-13)40-18(19(26)35)17-9(7-30)15(33)21(39-17)29-4-3-14(32)28-23(29)37/h1-6,9,12,15-18,21-22,30-31,33-34H,7H2,(H2,26,35)(H,27,36)(H,28,32,37)/t9-,12-,15+,16-,17-,18+,21+,22+/m0/s1. The van der Waals surface area contributed by atoms with Crippen LogP contribution >= 0.6 is 11.6 Å². The van der Waals surface area contributed by atoms with Crippen molar-refractivity contribution in [3.8, 4) is 0 Å². The number of halogens is 2. The molecule has 1 fully saturated rings.